The van der Waals surface area contributed by atoms with Crippen LogP contribution in [0.3, 0.4) is 0 Å². The van der Waals surface area contributed by atoms with E-state index >= 15 is 0 Å². The Morgan fingerprint density at radius 3 is 2.32 bits per heavy atom. The highest BCUT2D eigenvalue weighted by Crippen LogP contribution is 2.24. The van der Waals surface area contributed by atoms with Gasteiger partial charge in [-0.15, -0.1) is 11.8 Å². The molecule has 0 saturated heterocycles. The van der Waals surface area contributed by atoms with E-state index in [0.717, 1.165) is 36.3 Å². The number of urea groups is 1. The topological polar surface area (TPSA) is 50.4 Å². The van der Waals surface area contributed by atoms with Gasteiger partial charge in [-0.2, -0.15) is 0 Å². The van der Waals surface area contributed by atoms with Gasteiger partial charge < -0.3 is 15.4 Å². The molecular formula is C21H24F2N2O2S. The molecule has 7 heteroatoms. The van der Waals surface area contributed by atoms with E-state index in [1.807, 2.05) is 30.5 Å². The molecule has 0 unspecified atom stereocenters. The van der Waals surface area contributed by atoms with E-state index in [-0.39, 0.29) is 30.3 Å². The number of anilines is 1. The number of rotatable bonds is 6. The minimum atomic E-state index is -0.586. The zero-order valence-electron chi connectivity index (χ0n) is 15.7. The fraction of sp³-hybridized carbons (Fsp3) is 0.381. The molecule has 1 aliphatic rings. The molecule has 0 aliphatic heterocycles. The molecule has 0 bridgehead atoms. The highest BCUT2D eigenvalue weighted by Gasteiger charge is 2.23. The summed E-state index contributed by atoms with van der Waals surface area (Å²) in [5, 5.41) is 5.81. The Morgan fingerprint density at radius 2 is 1.71 bits per heavy atom. The number of carbonyl (C=O) groups excluding carboxylic acids is 1. The first-order chi connectivity index (χ1) is 13.5. The van der Waals surface area contributed by atoms with Crippen molar-refractivity contribution in [3.05, 3.63) is 59.7 Å². The first-order valence-electron chi connectivity index (χ1n) is 9.31. The Balaban J connectivity index is 1.40. The minimum absolute atomic E-state index is 0.0328. The van der Waals surface area contributed by atoms with Crippen molar-refractivity contribution in [2.45, 2.75) is 49.3 Å². The summed E-state index contributed by atoms with van der Waals surface area (Å²) < 4.78 is 33.0. The third-order valence-electron chi connectivity index (χ3n) is 4.88. The summed E-state index contributed by atoms with van der Waals surface area (Å²) in [5.74, 6) is -1.17. The zero-order chi connectivity index (χ0) is 19.9. The Morgan fingerprint density at radius 1 is 1.07 bits per heavy atom. The van der Waals surface area contributed by atoms with Crippen molar-refractivity contribution in [2.24, 2.45) is 0 Å². The number of nitrogens with one attached hydrogen (secondary N) is 2. The van der Waals surface area contributed by atoms with Gasteiger partial charge in [-0.05, 0) is 68.3 Å². The molecule has 0 spiro atoms. The normalized spacial score (nSPS) is 19.2. The van der Waals surface area contributed by atoms with Crippen molar-refractivity contribution in [2.75, 3.05) is 11.6 Å². The molecule has 2 N–H and O–H groups in total. The predicted molar refractivity (Wildman–Crippen MR) is 108 cm³/mol. The lowest BCUT2D eigenvalue weighted by atomic mass is 9.93. The van der Waals surface area contributed by atoms with Gasteiger partial charge in [0.15, 0.2) is 0 Å². The lowest BCUT2D eigenvalue weighted by Crippen LogP contribution is -2.41. The molecule has 0 aromatic heterocycles. The molecule has 0 atom stereocenters. The molecule has 1 saturated carbocycles. The van der Waals surface area contributed by atoms with Gasteiger partial charge in [0, 0.05) is 22.2 Å². The maximum absolute atomic E-state index is 13.7. The molecule has 2 aromatic carbocycles. The second-order valence-electron chi connectivity index (χ2n) is 6.81. The van der Waals surface area contributed by atoms with Gasteiger partial charge in [0.25, 0.3) is 0 Å². The molecule has 28 heavy (non-hydrogen) atoms. The first-order valence-corrected chi connectivity index (χ1v) is 10.5. The predicted octanol–water partition coefficient (Wildman–Crippen LogP) is 5.34. The van der Waals surface area contributed by atoms with Gasteiger partial charge in [0.05, 0.1) is 12.7 Å². The average Bonchev–Trinajstić information content (AvgIpc) is 2.69. The number of benzene rings is 2. The molecule has 150 valence electrons. The second kappa shape index (κ2) is 9.89. The molecular weight excluding hydrogens is 382 g/mol. The third-order valence-corrected chi connectivity index (χ3v) is 5.63. The molecule has 0 heterocycles. The van der Waals surface area contributed by atoms with E-state index in [9.17, 15) is 13.6 Å². The van der Waals surface area contributed by atoms with Crippen LogP contribution in [-0.2, 0) is 11.3 Å². The van der Waals surface area contributed by atoms with Crippen LogP contribution in [0.15, 0.2) is 47.4 Å². The lowest BCUT2D eigenvalue weighted by Gasteiger charge is -2.29. The molecule has 2 amide bonds. The van der Waals surface area contributed by atoms with Crippen molar-refractivity contribution in [3.8, 4) is 0 Å². The molecule has 1 aliphatic carbocycles. The van der Waals surface area contributed by atoms with Crippen LogP contribution in [0.25, 0.3) is 0 Å². The Labute approximate surface area is 168 Å². The number of hydrogen-bond donors (Lipinski definition) is 2. The third kappa shape index (κ3) is 5.69. The van der Waals surface area contributed by atoms with Crippen molar-refractivity contribution < 1.29 is 18.3 Å². The van der Waals surface area contributed by atoms with Gasteiger partial charge in [-0.3, -0.25) is 0 Å². The van der Waals surface area contributed by atoms with Gasteiger partial charge in [0.1, 0.15) is 11.6 Å². The smallest absolute Gasteiger partial charge is 0.319 e. The van der Waals surface area contributed by atoms with Crippen LogP contribution in [0.4, 0.5) is 19.3 Å². The van der Waals surface area contributed by atoms with Crippen LogP contribution in [0.1, 0.15) is 31.2 Å². The van der Waals surface area contributed by atoms with E-state index in [0.29, 0.717) is 0 Å². The lowest BCUT2D eigenvalue weighted by molar-refractivity contribution is 0.00964. The number of halogens is 2. The minimum Gasteiger partial charge on any atom is -0.373 e. The van der Waals surface area contributed by atoms with E-state index in [1.54, 1.807) is 11.8 Å². The molecule has 4 nitrogen and oxygen atoms in total. The van der Waals surface area contributed by atoms with E-state index < -0.39 is 11.6 Å². The van der Waals surface area contributed by atoms with Crippen molar-refractivity contribution in [3.63, 3.8) is 0 Å². The number of ether oxygens (including phenoxy) is 1. The zero-order valence-corrected chi connectivity index (χ0v) is 16.5. The SMILES string of the molecule is CSc1ccc(NC(=O)N[C@H]2CC[C@H](OCc3c(F)cccc3F)CC2)cc1. The highest BCUT2D eigenvalue weighted by molar-refractivity contribution is 7.98. The van der Waals surface area contributed by atoms with Gasteiger partial charge in [0.2, 0.25) is 0 Å². The monoisotopic (exact) mass is 406 g/mol. The fourth-order valence-corrected chi connectivity index (χ4v) is 3.68. The van der Waals surface area contributed by atoms with Crippen LogP contribution >= 0.6 is 11.8 Å². The van der Waals surface area contributed by atoms with Gasteiger partial charge >= 0.3 is 6.03 Å². The summed E-state index contributed by atoms with van der Waals surface area (Å²) >= 11 is 1.65. The maximum Gasteiger partial charge on any atom is 0.319 e. The highest BCUT2D eigenvalue weighted by atomic mass is 32.2. The quantitative estimate of drug-likeness (QED) is 0.637. The summed E-state index contributed by atoms with van der Waals surface area (Å²) in [6.45, 7) is -0.0756. The summed E-state index contributed by atoms with van der Waals surface area (Å²) in [6.07, 6.45) is 4.96. The maximum atomic E-state index is 13.7. The molecule has 3 rings (SSSR count). The van der Waals surface area contributed by atoms with Crippen LogP contribution in [0.2, 0.25) is 0 Å². The van der Waals surface area contributed by atoms with E-state index in [1.165, 1.54) is 18.2 Å². The van der Waals surface area contributed by atoms with Gasteiger partial charge in [-0.25, -0.2) is 13.6 Å². The number of carbonyl (C=O) groups is 1. The van der Waals surface area contributed by atoms with E-state index in [2.05, 4.69) is 10.6 Å². The number of amides is 2. The Kier molecular flexibility index (Phi) is 7.28. The first kappa shape index (κ1) is 20.6. The largest absolute Gasteiger partial charge is 0.373 e. The van der Waals surface area contributed by atoms with Crippen molar-refractivity contribution >= 4 is 23.5 Å². The van der Waals surface area contributed by atoms with Crippen LogP contribution in [-0.4, -0.2) is 24.4 Å². The fourth-order valence-electron chi connectivity index (χ4n) is 3.27. The average molecular weight is 406 g/mol. The Hall–Kier alpha value is -2.12. The van der Waals surface area contributed by atoms with E-state index in [4.69, 9.17) is 4.74 Å². The standard InChI is InChI=1S/C21H24F2N2O2S/c1-28-17-11-7-15(8-12-17)25-21(26)24-14-5-9-16(10-6-14)27-13-18-19(22)3-2-4-20(18)23/h2-4,7-8,11-12,14,16H,5-6,9-10,13H2,1H3,(H2,24,25,26)/t14-,16-. The number of thioether (sulfide) groups is 1. The summed E-state index contributed by atoms with van der Waals surface area (Å²) in [4.78, 5) is 13.3. The van der Waals surface area contributed by atoms with Gasteiger partial charge in [-0.1, -0.05) is 6.07 Å². The second-order valence-corrected chi connectivity index (χ2v) is 7.69. The summed E-state index contributed by atoms with van der Waals surface area (Å²) in [6, 6.07) is 11.3. The summed E-state index contributed by atoms with van der Waals surface area (Å²) in [5.41, 5.74) is 0.717. The van der Waals surface area contributed by atoms with Crippen molar-refractivity contribution in [1.82, 2.24) is 5.32 Å². The molecule has 2 aromatic rings. The van der Waals surface area contributed by atoms with Crippen LogP contribution in [0.5, 0.6) is 0 Å². The van der Waals surface area contributed by atoms with Crippen molar-refractivity contribution in [1.29, 1.82) is 0 Å². The van der Waals surface area contributed by atoms with Crippen LogP contribution in [0, 0.1) is 11.6 Å². The van der Waals surface area contributed by atoms with Crippen LogP contribution < -0.4 is 10.6 Å². The summed E-state index contributed by atoms with van der Waals surface area (Å²) in [7, 11) is 0. The molecule has 1 fully saturated rings. The Bertz CT molecular complexity index is 773. The molecule has 0 radical (unpaired) electrons. The number of hydrogen-bond acceptors (Lipinski definition) is 3.